The smallest absolute Gasteiger partial charge is 0.145 e. The topological polar surface area (TPSA) is 42.1 Å². The van der Waals surface area contributed by atoms with Gasteiger partial charge in [0.05, 0.1) is 51.5 Å². The number of fused-ring (bicyclic) bond motifs is 17. The number of hydrogen-bond donors (Lipinski definition) is 0. The third-order valence-electron chi connectivity index (χ3n) is 14.4. The molecule has 0 N–H and O–H groups in total. The van der Waals surface area contributed by atoms with Gasteiger partial charge in [0.15, 0.2) is 0 Å². The quantitative estimate of drug-likeness (QED) is 0.176. The van der Waals surface area contributed by atoms with Gasteiger partial charge in [-0.15, -0.1) is 11.8 Å². The predicted molar refractivity (Wildman–Crippen MR) is 284 cm³/mol. The minimum Gasteiger partial charge on any atom is -0.310 e. The molecule has 2 atom stereocenters. The summed E-state index contributed by atoms with van der Waals surface area (Å²) in [7, 11) is 0. The second kappa shape index (κ2) is 14.9. The van der Waals surface area contributed by atoms with Crippen molar-refractivity contribution in [1.29, 1.82) is 0 Å². The van der Waals surface area contributed by atoms with Crippen LogP contribution in [0.4, 0.5) is 28.4 Å². The van der Waals surface area contributed by atoms with Gasteiger partial charge in [0.1, 0.15) is 5.65 Å². The van der Waals surface area contributed by atoms with Crippen LogP contribution < -0.4 is 9.80 Å². The molecule has 0 saturated heterocycles. The molecule has 6 nitrogen and oxygen atoms in total. The van der Waals surface area contributed by atoms with Crippen LogP contribution in [0.5, 0.6) is 0 Å². The number of hydrogen-bond acceptors (Lipinski definition) is 5. The van der Waals surface area contributed by atoms with Crippen LogP contribution in [-0.4, -0.2) is 24.4 Å². The lowest BCUT2D eigenvalue weighted by molar-refractivity contribution is 0.863. The first-order valence-electron chi connectivity index (χ1n) is 23.6. The van der Waals surface area contributed by atoms with E-state index in [1.165, 1.54) is 49.4 Å². The normalized spacial score (nSPS) is 16.0. The Morgan fingerprint density at radius 2 is 1.06 bits per heavy atom. The summed E-state index contributed by atoms with van der Waals surface area (Å²) in [5, 5.41) is 2.62. The van der Waals surface area contributed by atoms with Crippen LogP contribution in [0.3, 0.4) is 0 Å². The van der Waals surface area contributed by atoms with Crippen LogP contribution >= 0.6 is 11.8 Å². The highest BCUT2D eigenvalue weighted by molar-refractivity contribution is 8.00. The van der Waals surface area contributed by atoms with E-state index in [1.807, 2.05) is 36.4 Å². The zero-order valence-corrected chi connectivity index (χ0v) is 38.0. The van der Waals surface area contributed by atoms with E-state index in [4.69, 9.17) is 4.98 Å². The molecule has 0 spiro atoms. The molecule has 0 bridgehead atoms. The Bertz CT molecular complexity index is 3980. The second-order valence-electron chi connectivity index (χ2n) is 18.1. The number of anilines is 5. The Labute approximate surface area is 403 Å². The summed E-state index contributed by atoms with van der Waals surface area (Å²) in [4.78, 5) is 15.9. The molecular formula is C62H40N6S. The fraction of sp³-hybridized carbons (Fsp3) is 0.0323. The van der Waals surface area contributed by atoms with Crippen molar-refractivity contribution < 1.29 is 0 Å². The molecule has 1 aliphatic carbocycles. The van der Waals surface area contributed by atoms with E-state index in [0.717, 1.165) is 73.3 Å². The molecule has 4 aliphatic rings. The standard InChI is InChI=1S/C62H40N6S/c1-2-16-39(17-3-1)68-61-47-23-8-13-29-55(47)66(52-26-10-5-20-44(52)59(61)48-24-15-35-64-62(48)68)41-31-33-57-50(37-41)49-36-40(30-32-56(49)69-57)65-51-25-9-4-19-43(51)58-45-21-6-11-27-53(45)67(42-18-14-34-63-38-42)60(58)46-22-7-12-28-54(46)65/h1-38,50,57H. The van der Waals surface area contributed by atoms with Gasteiger partial charge < -0.3 is 14.4 Å². The maximum atomic E-state index is 5.03. The van der Waals surface area contributed by atoms with Gasteiger partial charge in [0, 0.05) is 89.7 Å². The summed E-state index contributed by atoms with van der Waals surface area (Å²) >= 11 is 1.97. The van der Waals surface area contributed by atoms with Gasteiger partial charge in [-0.05, 0) is 96.6 Å². The fourth-order valence-electron chi connectivity index (χ4n) is 11.7. The summed E-state index contributed by atoms with van der Waals surface area (Å²) < 4.78 is 4.76. The van der Waals surface area contributed by atoms with Crippen LogP contribution in [0.15, 0.2) is 242 Å². The van der Waals surface area contributed by atoms with Gasteiger partial charge in [-0.25, -0.2) is 4.98 Å². The van der Waals surface area contributed by atoms with Gasteiger partial charge >= 0.3 is 0 Å². The Morgan fingerprint density at radius 1 is 0.464 bits per heavy atom. The molecule has 0 radical (unpaired) electrons. The van der Waals surface area contributed by atoms with Crippen LogP contribution in [0.1, 0.15) is 11.5 Å². The number of pyridine rings is 2. The molecule has 3 aliphatic heterocycles. The lowest BCUT2D eigenvalue weighted by Crippen LogP contribution is -2.21. The average Bonchev–Trinajstić information content (AvgIpc) is 4.02. The van der Waals surface area contributed by atoms with Crippen molar-refractivity contribution in [2.45, 2.75) is 16.1 Å². The molecule has 11 aromatic rings. The fourth-order valence-corrected chi connectivity index (χ4v) is 13.0. The predicted octanol–water partition coefficient (Wildman–Crippen LogP) is 16.0. The molecule has 7 heteroatoms. The van der Waals surface area contributed by atoms with Gasteiger partial charge in [0.25, 0.3) is 0 Å². The van der Waals surface area contributed by atoms with E-state index in [0.29, 0.717) is 0 Å². The zero-order chi connectivity index (χ0) is 45.2. The van der Waals surface area contributed by atoms with E-state index in [2.05, 4.69) is 230 Å². The molecule has 0 amide bonds. The van der Waals surface area contributed by atoms with E-state index >= 15 is 0 Å². The Balaban J connectivity index is 0.903. The Hall–Kier alpha value is -8.65. The molecule has 15 rings (SSSR count). The lowest BCUT2D eigenvalue weighted by atomic mass is 9.90. The number of rotatable bonds is 4. The first-order chi connectivity index (χ1) is 34.3. The van der Waals surface area contributed by atoms with Gasteiger partial charge in [-0.2, -0.15) is 0 Å². The lowest BCUT2D eigenvalue weighted by Gasteiger charge is -2.32. The minimum absolute atomic E-state index is 0.145. The highest BCUT2D eigenvalue weighted by atomic mass is 32.2. The summed E-state index contributed by atoms with van der Waals surface area (Å²) in [6, 6.07) is 70.8. The molecular weight excluding hydrogens is 861 g/mol. The number of allylic oxidation sites excluding steroid dienone is 2. The molecule has 324 valence electrons. The summed E-state index contributed by atoms with van der Waals surface area (Å²) in [6.07, 6.45) is 13.1. The molecule has 0 saturated carbocycles. The zero-order valence-electron chi connectivity index (χ0n) is 37.2. The van der Waals surface area contributed by atoms with Crippen molar-refractivity contribution in [3.05, 3.63) is 242 Å². The van der Waals surface area contributed by atoms with E-state index < -0.39 is 0 Å². The number of nitrogens with zero attached hydrogens (tertiary/aromatic N) is 6. The van der Waals surface area contributed by atoms with Gasteiger partial charge in [-0.3, -0.25) is 9.55 Å². The molecule has 4 aromatic heterocycles. The molecule has 0 fully saturated rings. The first-order valence-corrected chi connectivity index (χ1v) is 24.4. The van der Waals surface area contributed by atoms with Crippen LogP contribution in [0.2, 0.25) is 0 Å². The van der Waals surface area contributed by atoms with Crippen molar-refractivity contribution in [1.82, 2.24) is 19.1 Å². The molecule has 69 heavy (non-hydrogen) atoms. The molecule has 7 aromatic carbocycles. The van der Waals surface area contributed by atoms with Gasteiger partial charge in [-0.1, -0.05) is 121 Å². The SMILES string of the molecule is C1=CC2Sc3ccc(N4c5ccccc5-c5c(n(-c6cccnc6)c6ccccc56)-c5ccccc54)cc3C2C=C1N1c2ccccc2-c2c(n(-c3ccccc3)c3ncccc23)-c2ccccc21. The third kappa shape index (κ3) is 5.56. The third-order valence-corrected chi connectivity index (χ3v) is 15.8. The average molecular weight is 901 g/mol. The van der Waals surface area contributed by atoms with Crippen molar-refractivity contribution >= 4 is 62.1 Å². The van der Waals surface area contributed by atoms with Gasteiger partial charge in [0.2, 0.25) is 0 Å². The minimum atomic E-state index is 0.145. The number of thioether (sulfide) groups is 1. The highest BCUT2D eigenvalue weighted by Crippen LogP contribution is 2.58. The monoisotopic (exact) mass is 900 g/mol. The molecule has 2 unspecified atom stereocenters. The van der Waals surface area contributed by atoms with Crippen molar-refractivity contribution in [3.63, 3.8) is 0 Å². The highest BCUT2D eigenvalue weighted by Gasteiger charge is 2.38. The van der Waals surface area contributed by atoms with E-state index in [1.54, 1.807) is 0 Å². The van der Waals surface area contributed by atoms with E-state index in [-0.39, 0.29) is 11.2 Å². The second-order valence-corrected chi connectivity index (χ2v) is 19.3. The number of aromatic nitrogens is 4. The van der Waals surface area contributed by atoms with Crippen LogP contribution in [0.25, 0.3) is 78.1 Å². The van der Waals surface area contributed by atoms with E-state index in [9.17, 15) is 0 Å². The summed E-state index contributed by atoms with van der Waals surface area (Å²) in [5.74, 6) is 0.145. The maximum absolute atomic E-state index is 5.03. The molecule has 7 heterocycles. The Morgan fingerprint density at radius 3 is 1.81 bits per heavy atom. The first kappa shape index (κ1) is 38.5. The Kier molecular flexibility index (Phi) is 8.32. The van der Waals surface area contributed by atoms with Crippen molar-refractivity contribution in [2.24, 2.45) is 0 Å². The maximum Gasteiger partial charge on any atom is 0.145 e. The van der Waals surface area contributed by atoms with Crippen LogP contribution in [0, 0.1) is 0 Å². The largest absolute Gasteiger partial charge is 0.310 e. The summed E-state index contributed by atoms with van der Waals surface area (Å²) in [5.41, 5.74) is 21.9. The summed E-state index contributed by atoms with van der Waals surface area (Å²) in [6.45, 7) is 0. The number of para-hydroxylation sites is 6. The number of benzene rings is 7. The van der Waals surface area contributed by atoms with Crippen molar-refractivity contribution in [2.75, 3.05) is 9.80 Å². The van der Waals surface area contributed by atoms with Crippen LogP contribution in [-0.2, 0) is 0 Å². The van der Waals surface area contributed by atoms with Crippen molar-refractivity contribution in [3.8, 4) is 56.1 Å².